The van der Waals surface area contributed by atoms with Crippen LogP contribution in [-0.2, 0) is 4.57 Å². The lowest BCUT2D eigenvalue weighted by Crippen LogP contribution is -2.13. The van der Waals surface area contributed by atoms with Crippen LogP contribution in [-0.4, -0.2) is 15.5 Å². The lowest BCUT2D eigenvalue weighted by atomic mass is 9.95. The Morgan fingerprint density at radius 2 is 0.717 bits per heavy atom. The van der Waals surface area contributed by atoms with Crippen LogP contribution >= 0.6 is 7.14 Å². The smallest absolute Gasteiger partial charge is 0.142 e. The summed E-state index contributed by atoms with van der Waals surface area (Å²) in [5.74, 6) is 0. The van der Waals surface area contributed by atoms with E-state index in [1.807, 2.05) is 6.66 Å². The summed E-state index contributed by atoms with van der Waals surface area (Å²) in [5.41, 5.74) is 13.9. The van der Waals surface area contributed by atoms with E-state index in [0.29, 0.717) is 0 Å². The monoisotopic (exact) mass is 692 g/mol. The summed E-state index contributed by atoms with van der Waals surface area (Å²) in [4.78, 5) is 0. The zero-order valence-electron chi connectivity index (χ0n) is 28.8. The molecule has 0 amide bonds. The second-order valence-corrected chi connectivity index (χ2v) is 17.6. The van der Waals surface area contributed by atoms with Gasteiger partial charge in [-0.3, -0.25) is 0 Å². The average Bonchev–Trinajstić information content (AvgIpc) is 3.98. The van der Waals surface area contributed by atoms with Crippen LogP contribution in [0.5, 0.6) is 0 Å². The molecule has 4 heteroatoms. The van der Waals surface area contributed by atoms with Crippen molar-refractivity contribution in [2.75, 3.05) is 6.66 Å². The molecule has 3 nitrogen and oxygen atoms in total. The van der Waals surface area contributed by atoms with Crippen molar-refractivity contribution in [1.82, 2.24) is 8.80 Å². The van der Waals surface area contributed by atoms with E-state index in [-0.39, 0.29) is 0 Å². The van der Waals surface area contributed by atoms with Crippen molar-refractivity contribution in [3.63, 3.8) is 0 Å². The van der Waals surface area contributed by atoms with E-state index in [0.717, 1.165) is 44.0 Å². The number of nitrogens with zero attached hydrogens (tertiary/aromatic N) is 2. The van der Waals surface area contributed by atoms with Gasteiger partial charge >= 0.3 is 0 Å². The molecule has 13 rings (SSSR count). The fourth-order valence-corrected chi connectivity index (χ4v) is 13.1. The van der Waals surface area contributed by atoms with Gasteiger partial charge in [-0.15, -0.1) is 0 Å². The lowest BCUT2D eigenvalue weighted by molar-refractivity contribution is 0.591. The van der Waals surface area contributed by atoms with Crippen molar-refractivity contribution in [2.24, 2.45) is 0 Å². The Hall–Kier alpha value is -6.41. The standard InChI is InChI=1S/C49H29N2OP/c1-53(52)48-30(28-22-24-44-40(26-28)36-16-8-14-34-32-10-2-4-20-42(32)50(44)46(34)36)12-6-18-38(48)39-19-7-13-31(49(39)53)29-23-25-45-41(27-29)37-17-9-15-35-33-11-3-5-21-43(33)51(45)47(35)37/h2-27H,1H3. The number of benzene rings is 8. The van der Waals surface area contributed by atoms with Gasteiger partial charge in [-0.25, -0.2) is 0 Å². The van der Waals surface area contributed by atoms with Crippen LogP contribution in [0.25, 0.3) is 110 Å². The van der Waals surface area contributed by atoms with E-state index in [1.54, 1.807) is 0 Å². The molecule has 1 aliphatic heterocycles. The highest BCUT2D eigenvalue weighted by atomic mass is 31.2. The van der Waals surface area contributed by atoms with Crippen LogP contribution in [0.4, 0.5) is 0 Å². The van der Waals surface area contributed by atoms with Gasteiger partial charge in [0.1, 0.15) is 7.14 Å². The number of hydrogen-bond donors (Lipinski definition) is 0. The van der Waals surface area contributed by atoms with Gasteiger partial charge in [0, 0.05) is 53.7 Å². The van der Waals surface area contributed by atoms with Gasteiger partial charge in [-0.2, -0.15) is 0 Å². The first kappa shape index (κ1) is 28.2. The Morgan fingerprint density at radius 1 is 0.358 bits per heavy atom. The topological polar surface area (TPSA) is 25.9 Å². The van der Waals surface area contributed by atoms with Crippen LogP contribution in [0.2, 0.25) is 0 Å². The zero-order chi connectivity index (χ0) is 34.7. The van der Waals surface area contributed by atoms with E-state index in [2.05, 4.69) is 167 Å². The Labute approximate surface area is 304 Å². The molecule has 0 radical (unpaired) electrons. The number of aromatic nitrogens is 2. The summed E-state index contributed by atoms with van der Waals surface area (Å²) < 4.78 is 20.4. The first-order valence-electron chi connectivity index (χ1n) is 18.3. The van der Waals surface area contributed by atoms with E-state index < -0.39 is 7.14 Å². The second kappa shape index (κ2) is 9.52. The molecule has 0 N–H and O–H groups in total. The number of fused-ring (bicyclic) bond motifs is 15. The van der Waals surface area contributed by atoms with Crippen LogP contribution in [0, 0.1) is 0 Å². The van der Waals surface area contributed by atoms with Gasteiger partial charge in [0.2, 0.25) is 0 Å². The summed E-state index contributed by atoms with van der Waals surface area (Å²) >= 11 is 0. The summed E-state index contributed by atoms with van der Waals surface area (Å²) in [6, 6.07) is 57.2. The molecule has 53 heavy (non-hydrogen) atoms. The minimum atomic E-state index is -3.03. The Balaban J connectivity index is 1.01. The molecule has 246 valence electrons. The second-order valence-electron chi connectivity index (χ2n) is 14.9. The minimum absolute atomic E-state index is 0.969. The maximum atomic E-state index is 15.6. The van der Waals surface area contributed by atoms with Crippen LogP contribution < -0.4 is 10.6 Å². The van der Waals surface area contributed by atoms with Crippen molar-refractivity contribution < 1.29 is 4.57 Å². The van der Waals surface area contributed by atoms with E-state index in [4.69, 9.17) is 0 Å². The minimum Gasteiger partial charge on any atom is -0.314 e. The Kier molecular flexibility index (Phi) is 5.07. The zero-order valence-corrected chi connectivity index (χ0v) is 29.7. The number of para-hydroxylation sites is 4. The first-order chi connectivity index (χ1) is 26.1. The third kappa shape index (κ3) is 3.32. The highest BCUT2D eigenvalue weighted by molar-refractivity contribution is 7.79. The summed E-state index contributed by atoms with van der Waals surface area (Å²) in [6.07, 6.45) is 0. The summed E-state index contributed by atoms with van der Waals surface area (Å²) in [7, 11) is -3.03. The van der Waals surface area contributed by atoms with Crippen LogP contribution in [0.3, 0.4) is 0 Å². The Morgan fingerprint density at radius 3 is 1.19 bits per heavy atom. The maximum absolute atomic E-state index is 15.6. The molecule has 8 aromatic carbocycles. The molecule has 0 unspecified atom stereocenters. The fraction of sp³-hybridized carbons (Fsp3) is 0.0204. The molecule has 0 bridgehead atoms. The third-order valence-corrected chi connectivity index (χ3v) is 15.0. The molecule has 0 fully saturated rings. The average molecular weight is 693 g/mol. The van der Waals surface area contributed by atoms with E-state index in [1.165, 1.54) is 76.2 Å². The van der Waals surface area contributed by atoms with Crippen molar-refractivity contribution in [3.05, 3.63) is 158 Å². The molecule has 0 atom stereocenters. The molecular formula is C49H29N2OP. The van der Waals surface area contributed by atoms with Crippen LogP contribution in [0.15, 0.2) is 158 Å². The molecule has 5 heterocycles. The molecule has 0 saturated carbocycles. The predicted octanol–water partition coefficient (Wildman–Crippen LogP) is 12.2. The van der Waals surface area contributed by atoms with Crippen molar-refractivity contribution in [2.45, 2.75) is 0 Å². The number of rotatable bonds is 2. The van der Waals surface area contributed by atoms with Crippen molar-refractivity contribution in [1.29, 1.82) is 0 Å². The van der Waals surface area contributed by atoms with E-state index >= 15 is 4.57 Å². The molecule has 1 aliphatic rings. The summed E-state index contributed by atoms with van der Waals surface area (Å²) in [5, 5.41) is 12.0. The van der Waals surface area contributed by atoms with Crippen LogP contribution in [0.1, 0.15) is 0 Å². The van der Waals surface area contributed by atoms with Gasteiger partial charge < -0.3 is 13.4 Å². The van der Waals surface area contributed by atoms with Gasteiger partial charge in [-0.1, -0.05) is 121 Å². The highest BCUT2D eigenvalue weighted by Crippen LogP contribution is 2.55. The Bertz CT molecular complexity index is 3390. The van der Waals surface area contributed by atoms with Gasteiger partial charge in [0.05, 0.1) is 33.1 Å². The normalized spacial score (nSPS) is 14.0. The van der Waals surface area contributed by atoms with Gasteiger partial charge in [0.15, 0.2) is 0 Å². The third-order valence-electron chi connectivity index (χ3n) is 12.3. The van der Waals surface area contributed by atoms with Crippen molar-refractivity contribution >= 4 is 93.9 Å². The van der Waals surface area contributed by atoms with Crippen molar-refractivity contribution in [3.8, 4) is 33.4 Å². The quantitative estimate of drug-likeness (QED) is 0.166. The van der Waals surface area contributed by atoms with E-state index in [9.17, 15) is 0 Å². The predicted molar refractivity (Wildman–Crippen MR) is 225 cm³/mol. The molecule has 4 aromatic heterocycles. The highest BCUT2D eigenvalue weighted by Gasteiger charge is 2.39. The molecule has 0 aliphatic carbocycles. The fourth-order valence-electron chi connectivity index (χ4n) is 10.2. The molecule has 12 aromatic rings. The molecule has 0 spiro atoms. The molecular weight excluding hydrogens is 664 g/mol. The maximum Gasteiger partial charge on any atom is 0.142 e. The largest absolute Gasteiger partial charge is 0.314 e. The molecule has 0 saturated heterocycles. The first-order valence-corrected chi connectivity index (χ1v) is 20.4. The SMILES string of the molecule is CP1(=O)c2c(-c3ccc4c(c3)c3cccc5c6ccccc6n4c53)cccc2-c2cccc(-c3ccc4c(c3)c3cccc5c6ccccc6n4c53)c21. The summed E-state index contributed by atoms with van der Waals surface area (Å²) in [6.45, 7) is 1.99. The van der Waals surface area contributed by atoms with Gasteiger partial charge in [-0.05, 0) is 76.4 Å². The van der Waals surface area contributed by atoms with Gasteiger partial charge in [0.25, 0.3) is 0 Å². The number of hydrogen-bond acceptors (Lipinski definition) is 1. The lowest BCUT2D eigenvalue weighted by Gasteiger charge is -2.17.